The minimum absolute atomic E-state index is 0.0562. The Morgan fingerprint density at radius 3 is 2.76 bits per heavy atom. The molecular formula is C19H23ClN6O3. The number of likely N-dealkylation sites (tertiary alicyclic amines) is 1. The van der Waals surface area contributed by atoms with Gasteiger partial charge in [-0.25, -0.2) is 9.80 Å². The van der Waals surface area contributed by atoms with E-state index in [1.807, 2.05) is 32.9 Å². The Morgan fingerprint density at radius 2 is 2.10 bits per heavy atom. The number of halogens is 1. The fourth-order valence-corrected chi connectivity index (χ4v) is 3.97. The van der Waals surface area contributed by atoms with Gasteiger partial charge in [0.05, 0.1) is 6.54 Å². The second-order valence-corrected chi connectivity index (χ2v) is 8.89. The quantitative estimate of drug-likeness (QED) is 0.756. The Kier molecular flexibility index (Phi) is 4.94. The molecule has 9 nitrogen and oxygen atoms in total. The fourth-order valence-electron chi connectivity index (χ4n) is 3.75. The first-order valence-corrected chi connectivity index (χ1v) is 9.91. The summed E-state index contributed by atoms with van der Waals surface area (Å²) in [5, 5.41) is 13.2. The highest BCUT2D eigenvalue weighted by atomic mass is 35.5. The zero-order valence-corrected chi connectivity index (χ0v) is 17.3. The second kappa shape index (κ2) is 7.29. The summed E-state index contributed by atoms with van der Waals surface area (Å²) in [5.74, 6) is 0.0775. The van der Waals surface area contributed by atoms with Gasteiger partial charge in [-0.1, -0.05) is 23.7 Å². The highest BCUT2D eigenvalue weighted by Gasteiger charge is 2.58. The topological polar surface area (TPSA) is 93.5 Å². The summed E-state index contributed by atoms with van der Waals surface area (Å²) in [4.78, 5) is 29.2. The maximum atomic E-state index is 13.5. The number of fused-ring (bicyclic) bond motifs is 1. The molecule has 1 saturated heterocycles. The van der Waals surface area contributed by atoms with Gasteiger partial charge >= 0.3 is 6.09 Å². The predicted octanol–water partition coefficient (Wildman–Crippen LogP) is 2.39. The minimum atomic E-state index is -0.631. The number of benzene rings is 1. The second-order valence-electron chi connectivity index (χ2n) is 8.46. The molecule has 2 amide bonds. The Hall–Kier alpha value is -2.68. The molecule has 29 heavy (non-hydrogen) atoms. The lowest BCUT2D eigenvalue weighted by atomic mass is 10.1. The van der Waals surface area contributed by atoms with Gasteiger partial charge in [-0.2, -0.15) is 0 Å². The summed E-state index contributed by atoms with van der Waals surface area (Å²) in [6.07, 6.45) is 2.41. The van der Waals surface area contributed by atoms with Crippen LogP contribution in [0.1, 0.15) is 39.2 Å². The van der Waals surface area contributed by atoms with Crippen molar-refractivity contribution in [2.45, 2.75) is 57.8 Å². The van der Waals surface area contributed by atoms with E-state index in [9.17, 15) is 9.59 Å². The maximum Gasteiger partial charge on any atom is 0.411 e. The van der Waals surface area contributed by atoms with Crippen LogP contribution in [0.3, 0.4) is 0 Å². The molecule has 4 rings (SSSR count). The lowest BCUT2D eigenvalue weighted by molar-refractivity contribution is -0.125. The van der Waals surface area contributed by atoms with Crippen LogP contribution in [0.5, 0.6) is 0 Å². The smallest absolute Gasteiger partial charge is 0.411 e. The lowest BCUT2D eigenvalue weighted by Gasteiger charge is -2.32. The lowest BCUT2D eigenvalue weighted by Crippen LogP contribution is -2.53. The van der Waals surface area contributed by atoms with Crippen molar-refractivity contribution in [3.63, 3.8) is 0 Å². The van der Waals surface area contributed by atoms with Crippen LogP contribution in [-0.2, 0) is 16.1 Å². The van der Waals surface area contributed by atoms with E-state index in [0.29, 0.717) is 17.4 Å². The minimum Gasteiger partial charge on any atom is -0.444 e. The molecule has 1 aliphatic heterocycles. The van der Waals surface area contributed by atoms with Crippen LogP contribution < -0.4 is 5.01 Å². The molecular weight excluding hydrogens is 396 g/mol. The van der Waals surface area contributed by atoms with E-state index < -0.39 is 17.7 Å². The molecule has 1 aromatic carbocycles. The van der Waals surface area contributed by atoms with E-state index in [4.69, 9.17) is 16.3 Å². The first kappa shape index (κ1) is 19.6. The number of piperidine rings is 1. The van der Waals surface area contributed by atoms with E-state index in [0.717, 1.165) is 12.0 Å². The number of nitrogens with zero attached hydrogens (tertiary/aromatic N) is 6. The van der Waals surface area contributed by atoms with Gasteiger partial charge in [-0.15, -0.1) is 9.89 Å². The van der Waals surface area contributed by atoms with Gasteiger partial charge in [-0.05, 0) is 67.7 Å². The van der Waals surface area contributed by atoms with Gasteiger partial charge in [0.15, 0.2) is 6.33 Å². The van der Waals surface area contributed by atoms with E-state index in [2.05, 4.69) is 15.5 Å². The molecule has 2 heterocycles. The van der Waals surface area contributed by atoms with Crippen molar-refractivity contribution < 1.29 is 14.3 Å². The zero-order chi connectivity index (χ0) is 20.8. The van der Waals surface area contributed by atoms with Crippen LogP contribution in [0.4, 0.5) is 4.79 Å². The Balaban J connectivity index is 1.59. The Morgan fingerprint density at radius 1 is 1.31 bits per heavy atom. The largest absolute Gasteiger partial charge is 0.444 e. The van der Waals surface area contributed by atoms with Crippen molar-refractivity contribution in [3.8, 4) is 0 Å². The first-order chi connectivity index (χ1) is 13.7. The van der Waals surface area contributed by atoms with Crippen LogP contribution in [0.25, 0.3) is 0 Å². The number of carbonyl (C=O) groups excluding carboxylic acids is 2. The number of hydrogen-bond donors (Lipinski definition) is 0. The van der Waals surface area contributed by atoms with E-state index in [1.165, 1.54) is 16.1 Å². The van der Waals surface area contributed by atoms with Crippen LogP contribution in [0.2, 0.25) is 5.02 Å². The average Bonchev–Trinajstić information content (AvgIpc) is 3.06. The van der Waals surface area contributed by atoms with Crippen LogP contribution >= 0.6 is 11.6 Å². The van der Waals surface area contributed by atoms with Gasteiger partial charge < -0.3 is 4.74 Å². The summed E-state index contributed by atoms with van der Waals surface area (Å²) in [6, 6.07) is 6.68. The molecule has 0 N–H and O–H groups in total. The third-order valence-electron chi connectivity index (χ3n) is 5.06. The van der Waals surface area contributed by atoms with Crippen LogP contribution in [-0.4, -0.2) is 54.9 Å². The molecule has 0 radical (unpaired) electrons. The molecule has 2 aromatic rings. The van der Waals surface area contributed by atoms with Gasteiger partial charge in [0, 0.05) is 11.1 Å². The molecule has 10 heteroatoms. The third kappa shape index (κ3) is 4.19. The maximum absolute atomic E-state index is 13.5. The molecule has 2 fully saturated rings. The summed E-state index contributed by atoms with van der Waals surface area (Å²) in [6.45, 7) is 5.66. The van der Waals surface area contributed by atoms with Crippen LogP contribution in [0.15, 0.2) is 30.6 Å². The van der Waals surface area contributed by atoms with Crippen molar-refractivity contribution in [1.29, 1.82) is 0 Å². The molecule has 0 bridgehead atoms. The van der Waals surface area contributed by atoms with Crippen molar-refractivity contribution >= 4 is 23.6 Å². The number of ether oxygens (including phenoxy) is 1. The van der Waals surface area contributed by atoms with Gasteiger partial charge in [-0.3, -0.25) is 9.69 Å². The van der Waals surface area contributed by atoms with Crippen molar-refractivity contribution in [3.05, 3.63) is 41.2 Å². The molecule has 3 atom stereocenters. The highest BCUT2D eigenvalue weighted by Crippen LogP contribution is 2.48. The van der Waals surface area contributed by atoms with Gasteiger partial charge in [0.2, 0.25) is 0 Å². The molecule has 2 aliphatic rings. The number of hydrogen-bond acceptors (Lipinski definition) is 6. The van der Waals surface area contributed by atoms with Gasteiger partial charge in [0.25, 0.3) is 5.91 Å². The highest BCUT2D eigenvalue weighted by molar-refractivity contribution is 6.30. The SMILES string of the molecule is CC(C)(C)OC(=O)N1[C@H](C(=O)N(Cc2cccc(Cl)c2)n2cnnn2)C[C@@H]2C[C@@H]21. The zero-order valence-electron chi connectivity index (χ0n) is 16.5. The van der Waals surface area contributed by atoms with Crippen molar-refractivity contribution in [2.24, 2.45) is 5.92 Å². The summed E-state index contributed by atoms with van der Waals surface area (Å²) < 4.78 is 5.56. The number of aromatic nitrogens is 4. The van der Waals surface area contributed by atoms with E-state index >= 15 is 0 Å². The molecule has 154 valence electrons. The Bertz CT molecular complexity index is 913. The Labute approximate surface area is 173 Å². The number of amides is 2. The molecule has 1 aromatic heterocycles. The standard InChI is InChI=1S/C19H23ClN6O3/c1-19(2,3)29-18(28)26-15-8-13(15)9-16(26)17(27)24(25-11-21-22-23-25)10-12-5-4-6-14(20)7-12/h4-7,11,13,15-16H,8-10H2,1-3H3/t13-,15-,16-/m0/s1. The first-order valence-electron chi connectivity index (χ1n) is 9.53. The monoisotopic (exact) mass is 418 g/mol. The average molecular weight is 419 g/mol. The molecule has 1 aliphatic carbocycles. The van der Waals surface area contributed by atoms with Gasteiger partial charge in [0.1, 0.15) is 11.6 Å². The molecule has 0 unspecified atom stereocenters. The van der Waals surface area contributed by atoms with Crippen molar-refractivity contribution in [2.75, 3.05) is 5.01 Å². The third-order valence-corrected chi connectivity index (χ3v) is 5.29. The fraction of sp³-hybridized carbons (Fsp3) is 0.526. The summed E-state index contributed by atoms with van der Waals surface area (Å²) in [5.41, 5.74) is 0.196. The molecule has 1 saturated carbocycles. The summed E-state index contributed by atoms with van der Waals surface area (Å²) in [7, 11) is 0. The number of tetrazole rings is 1. The predicted molar refractivity (Wildman–Crippen MR) is 105 cm³/mol. The number of rotatable bonds is 4. The normalized spacial score (nSPS) is 22.9. The summed E-state index contributed by atoms with van der Waals surface area (Å²) >= 11 is 6.09. The van der Waals surface area contributed by atoms with Crippen LogP contribution in [0, 0.1) is 5.92 Å². The van der Waals surface area contributed by atoms with E-state index in [-0.39, 0.29) is 18.5 Å². The number of carbonyl (C=O) groups is 2. The van der Waals surface area contributed by atoms with Crippen molar-refractivity contribution in [1.82, 2.24) is 25.2 Å². The molecule has 0 spiro atoms. The van der Waals surface area contributed by atoms with E-state index in [1.54, 1.807) is 17.0 Å².